The van der Waals surface area contributed by atoms with Crippen molar-refractivity contribution in [3.63, 3.8) is 0 Å². The van der Waals surface area contributed by atoms with Crippen molar-refractivity contribution in [3.05, 3.63) is 67.0 Å². The Kier molecular flexibility index (Phi) is 6.85. The van der Waals surface area contributed by atoms with Gasteiger partial charge in [-0.05, 0) is 38.8 Å². The Balaban J connectivity index is 2.59. The molecular weight excluding hydrogens is 378 g/mol. The number of para-hydroxylation sites is 1. The van der Waals surface area contributed by atoms with Gasteiger partial charge >= 0.3 is 0 Å². The summed E-state index contributed by atoms with van der Waals surface area (Å²) < 4.78 is 6.34. The number of ether oxygens (including phenoxy) is 1. The second-order valence-corrected chi connectivity index (χ2v) is 6.64. The fourth-order valence-corrected chi connectivity index (χ4v) is 2.93. The maximum absolute atomic E-state index is 13.1. The number of nitro benzene ring substituents is 1. The molecule has 1 heterocycles. The largest absolute Gasteiger partial charge is 0.494 e. The van der Waals surface area contributed by atoms with Crippen LogP contribution in [0.4, 0.5) is 5.69 Å². The van der Waals surface area contributed by atoms with E-state index < -0.39 is 27.8 Å². The first-order valence-corrected chi connectivity index (χ1v) is 8.96. The van der Waals surface area contributed by atoms with Gasteiger partial charge in [0.25, 0.3) is 11.2 Å². The summed E-state index contributed by atoms with van der Waals surface area (Å²) in [5.41, 5.74) is -2.03. The molecule has 0 saturated carbocycles. The van der Waals surface area contributed by atoms with Gasteiger partial charge in [-0.25, -0.2) is 0 Å². The van der Waals surface area contributed by atoms with Crippen LogP contribution in [0.5, 0.6) is 5.88 Å². The number of carbonyl (C=O) groups is 1. The summed E-state index contributed by atoms with van der Waals surface area (Å²) in [5.74, 6) is -1.46. The minimum Gasteiger partial charge on any atom is -0.494 e. The molecule has 29 heavy (non-hydrogen) atoms. The van der Waals surface area contributed by atoms with Gasteiger partial charge in [-0.1, -0.05) is 12.1 Å². The van der Waals surface area contributed by atoms with E-state index in [-0.39, 0.29) is 34.9 Å². The van der Waals surface area contributed by atoms with E-state index in [9.17, 15) is 30.1 Å². The number of pyridine rings is 1. The molecule has 1 N–H and O–H groups in total. The van der Waals surface area contributed by atoms with Gasteiger partial charge in [0, 0.05) is 19.2 Å². The molecule has 9 nitrogen and oxygen atoms in total. The standard InChI is InChI=1S/C20H21N3O6/c1-12(2)29-10-6-9-22-19(25)15(11-21)13(3)17(20(22)26)18(24)14-7-4-5-8-16(14)23(27)28/h4-5,7-8,12,26H,6,9-10H2,1-3H3. The molecule has 0 bridgehead atoms. The summed E-state index contributed by atoms with van der Waals surface area (Å²) in [6.45, 7) is 5.39. The van der Waals surface area contributed by atoms with E-state index in [1.165, 1.54) is 31.2 Å². The summed E-state index contributed by atoms with van der Waals surface area (Å²) in [5, 5.41) is 31.3. The van der Waals surface area contributed by atoms with Crippen LogP contribution >= 0.6 is 0 Å². The highest BCUT2D eigenvalue weighted by atomic mass is 16.6. The second kappa shape index (κ2) is 9.12. The fraction of sp³-hybridized carbons (Fsp3) is 0.350. The van der Waals surface area contributed by atoms with Gasteiger partial charge in [0.15, 0.2) is 0 Å². The molecule has 0 aliphatic carbocycles. The molecule has 0 unspecified atom stereocenters. The molecule has 1 aromatic carbocycles. The molecule has 0 saturated heterocycles. The van der Waals surface area contributed by atoms with Gasteiger partial charge in [0.2, 0.25) is 11.7 Å². The monoisotopic (exact) mass is 399 g/mol. The Labute approximate surface area is 166 Å². The lowest BCUT2D eigenvalue weighted by atomic mass is 9.96. The maximum Gasteiger partial charge on any atom is 0.280 e. The van der Waals surface area contributed by atoms with Gasteiger partial charge in [-0.15, -0.1) is 0 Å². The van der Waals surface area contributed by atoms with E-state index in [1.54, 1.807) is 6.07 Å². The van der Waals surface area contributed by atoms with Gasteiger partial charge in [-0.3, -0.25) is 24.3 Å². The first kappa shape index (κ1) is 21.8. The molecule has 0 amide bonds. The van der Waals surface area contributed by atoms with Crippen LogP contribution in [0.25, 0.3) is 0 Å². The molecule has 0 aliphatic rings. The quantitative estimate of drug-likeness (QED) is 0.312. The van der Waals surface area contributed by atoms with Crippen molar-refractivity contribution in [2.45, 2.75) is 39.8 Å². The van der Waals surface area contributed by atoms with Crippen LogP contribution in [0.15, 0.2) is 29.1 Å². The Morgan fingerprint density at radius 3 is 2.62 bits per heavy atom. The molecule has 1 aromatic heterocycles. The number of benzene rings is 1. The molecule has 2 rings (SSSR count). The van der Waals surface area contributed by atoms with E-state index >= 15 is 0 Å². The summed E-state index contributed by atoms with van der Waals surface area (Å²) in [7, 11) is 0. The van der Waals surface area contributed by atoms with Crippen molar-refractivity contribution >= 4 is 11.5 Å². The number of rotatable bonds is 8. The molecule has 0 radical (unpaired) electrons. The number of nitro groups is 1. The first-order valence-electron chi connectivity index (χ1n) is 8.96. The fourth-order valence-electron chi connectivity index (χ4n) is 2.93. The van der Waals surface area contributed by atoms with Gasteiger partial charge in [0.05, 0.1) is 16.6 Å². The zero-order valence-electron chi connectivity index (χ0n) is 16.3. The van der Waals surface area contributed by atoms with Crippen LogP contribution in [0.2, 0.25) is 0 Å². The second-order valence-electron chi connectivity index (χ2n) is 6.64. The van der Waals surface area contributed by atoms with Crippen molar-refractivity contribution in [1.29, 1.82) is 5.26 Å². The number of aromatic hydroxyl groups is 1. The third-order valence-electron chi connectivity index (χ3n) is 4.35. The summed E-state index contributed by atoms with van der Waals surface area (Å²) >= 11 is 0. The summed E-state index contributed by atoms with van der Waals surface area (Å²) in [6.07, 6.45) is 0.349. The highest BCUT2D eigenvalue weighted by Crippen LogP contribution is 2.28. The molecule has 0 atom stereocenters. The number of ketones is 1. The number of hydrogen-bond donors (Lipinski definition) is 1. The number of aromatic nitrogens is 1. The maximum atomic E-state index is 13.1. The van der Waals surface area contributed by atoms with Crippen LogP contribution in [-0.2, 0) is 11.3 Å². The lowest BCUT2D eigenvalue weighted by Gasteiger charge is -2.16. The van der Waals surface area contributed by atoms with Crippen molar-refractivity contribution in [2.75, 3.05) is 6.61 Å². The Hall–Kier alpha value is -3.51. The number of nitrogens with zero attached hydrogens (tertiary/aromatic N) is 3. The average Bonchev–Trinajstić information content (AvgIpc) is 2.67. The number of hydrogen-bond acceptors (Lipinski definition) is 7. The minimum atomic E-state index is -0.837. The van der Waals surface area contributed by atoms with Gasteiger partial charge in [-0.2, -0.15) is 5.26 Å². The third kappa shape index (κ3) is 4.50. The zero-order valence-corrected chi connectivity index (χ0v) is 16.3. The summed E-state index contributed by atoms with van der Waals surface area (Å²) in [4.78, 5) is 36.2. The van der Waals surface area contributed by atoms with Gasteiger partial charge < -0.3 is 9.84 Å². The highest BCUT2D eigenvalue weighted by molar-refractivity contribution is 6.13. The molecular formula is C20H21N3O6. The predicted octanol–water partition coefficient (Wildman–Crippen LogP) is 2.69. The van der Waals surface area contributed by atoms with E-state index in [0.29, 0.717) is 13.0 Å². The minimum absolute atomic E-state index is 0.0104. The lowest BCUT2D eigenvalue weighted by molar-refractivity contribution is -0.385. The Morgan fingerprint density at radius 2 is 2.03 bits per heavy atom. The average molecular weight is 399 g/mol. The topological polar surface area (TPSA) is 135 Å². The Bertz CT molecular complexity index is 1050. The molecule has 9 heteroatoms. The molecule has 0 fully saturated rings. The van der Waals surface area contributed by atoms with E-state index in [4.69, 9.17) is 4.74 Å². The first-order chi connectivity index (χ1) is 13.7. The highest BCUT2D eigenvalue weighted by Gasteiger charge is 2.28. The van der Waals surface area contributed by atoms with Gasteiger partial charge in [0.1, 0.15) is 17.2 Å². The Morgan fingerprint density at radius 1 is 1.38 bits per heavy atom. The van der Waals surface area contributed by atoms with E-state index in [2.05, 4.69) is 0 Å². The summed E-state index contributed by atoms with van der Waals surface area (Å²) in [6, 6.07) is 7.06. The molecule has 0 aliphatic heterocycles. The van der Waals surface area contributed by atoms with Crippen molar-refractivity contribution in [3.8, 4) is 11.9 Å². The normalized spacial score (nSPS) is 10.7. The van der Waals surface area contributed by atoms with Crippen LogP contribution in [0.3, 0.4) is 0 Å². The molecule has 152 valence electrons. The number of carbonyl (C=O) groups excluding carboxylic acids is 1. The van der Waals surface area contributed by atoms with Crippen molar-refractivity contribution < 1.29 is 19.6 Å². The zero-order chi connectivity index (χ0) is 21.7. The van der Waals surface area contributed by atoms with E-state index in [0.717, 1.165) is 4.57 Å². The SMILES string of the molecule is Cc1c(C(=O)c2ccccc2[N+](=O)[O-])c(O)n(CCCOC(C)C)c(=O)c1C#N. The van der Waals surface area contributed by atoms with Crippen LogP contribution in [-0.4, -0.2) is 33.1 Å². The third-order valence-corrected chi connectivity index (χ3v) is 4.35. The van der Waals surface area contributed by atoms with Crippen LogP contribution in [0, 0.1) is 28.4 Å². The molecule has 0 spiro atoms. The predicted molar refractivity (Wildman–Crippen MR) is 104 cm³/mol. The van der Waals surface area contributed by atoms with Crippen LogP contribution in [0.1, 0.15) is 47.3 Å². The molecule has 2 aromatic rings. The smallest absolute Gasteiger partial charge is 0.280 e. The number of nitriles is 1. The lowest BCUT2D eigenvalue weighted by Crippen LogP contribution is -2.27. The van der Waals surface area contributed by atoms with Crippen molar-refractivity contribution in [2.24, 2.45) is 0 Å². The van der Waals surface area contributed by atoms with E-state index in [1.807, 2.05) is 13.8 Å². The van der Waals surface area contributed by atoms with Crippen LogP contribution < -0.4 is 5.56 Å². The van der Waals surface area contributed by atoms with Crippen molar-refractivity contribution in [1.82, 2.24) is 4.57 Å².